The summed E-state index contributed by atoms with van der Waals surface area (Å²) in [6.45, 7) is 8.18. The van der Waals surface area contributed by atoms with Gasteiger partial charge in [-0.2, -0.15) is 0 Å². The lowest BCUT2D eigenvalue weighted by Crippen LogP contribution is -2.79. The molecule has 0 aromatic heterocycles. The van der Waals surface area contributed by atoms with E-state index < -0.39 is 11.8 Å². The lowest BCUT2D eigenvalue weighted by atomic mass is 9.67. The van der Waals surface area contributed by atoms with Crippen LogP contribution in [-0.4, -0.2) is 39.9 Å². The van der Waals surface area contributed by atoms with Gasteiger partial charge in [-0.05, 0) is 34.1 Å². The van der Waals surface area contributed by atoms with Crippen molar-refractivity contribution < 1.29 is 14.6 Å². The Hall–Kier alpha value is -0.610. The molecule has 0 bridgehead atoms. The van der Waals surface area contributed by atoms with Gasteiger partial charge in [0.1, 0.15) is 5.72 Å². The van der Waals surface area contributed by atoms with Gasteiger partial charge in [0, 0.05) is 0 Å². The summed E-state index contributed by atoms with van der Waals surface area (Å²) in [6.07, 6.45) is 0.227. The SMILES string of the molecule is CC(O)C1C(=O)N2C(C)(C)OCCC12C. The molecule has 2 aliphatic heterocycles. The molecule has 86 valence electrons. The summed E-state index contributed by atoms with van der Waals surface area (Å²) in [5, 5.41) is 9.63. The molecular weight excluding hydrogens is 194 g/mol. The Kier molecular flexibility index (Phi) is 2.14. The number of carbonyl (C=O) groups is 1. The lowest BCUT2D eigenvalue weighted by Gasteiger charge is -2.64. The molecule has 0 aromatic rings. The Balaban J connectivity index is 2.31. The highest BCUT2D eigenvalue weighted by Gasteiger charge is 2.64. The fourth-order valence-corrected chi connectivity index (χ4v) is 3.18. The van der Waals surface area contributed by atoms with Gasteiger partial charge in [0.15, 0.2) is 0 Å². The summed E-state index contributed by atoms with van der Waals surface area (Å²) >= 11 is 0. The molecule has 4 nitrogen and oxygen atoms in total. The highest BCUT2D eigenvalue weighted by atomic mass is 16.5. The van der Waals surface area contributed by atoms with E-state index in [9.17, 15) is 9.90 Å². The van der Waals surface area contributed by atoms with E-state index in [0.717, 1.165) is 6.42 Å². The molecule has 0 radical (unpaired) electrons. The number of carbonyl (C=O) groups excluding carboxylic acids is 1. The summed E-state index contributed by atoms with van der Waals surface area (Å²) in [5.41, 5.74) is -0.761. The summed E-state index contributed by atoms with van der Waals surface area (Å²) in [6, 6.07) is 0. The van der Waals surface area contributed by atoms with E-state index in [-0.39, 0.29) is 17.4 Å². The van der Waals surface area contributed by atoms with Gasteiger partial charge in [0.25, 0.3) is 0 Å². The standard InChI is InChI=1S/C11H19NO3/c1-7(13)8-9(14)12-10(2,3)15-6-5-11(8,12)4/h7-8,13H,5-6H2,1-4H3. The van der Waals surface area contributed by atoms with Crippen LogP contribution in [0.3, 0.4) is 0 Å². The largest absolute Gasteiger partial charge is 0.392 e. The van der Waals surface area contributed by atoms with Crippen molar-refractivity contribution in [3.63, 3.8) is 0 Å². The van der Waals surface area contributed by atoms with E-state index in [0.29, 0.717) is 6.61 Å². The van der Waals surface area contributed by atoms with Crippen molar-refractivity contribution in [3.8, 4) is 0 Å². The first-order chi connectivity index (χ1) is 6.81. The summed E-state index contributed by atoms with van der Waals surface area (Å²) < 4.78 is 5.59. The van der Waals surface area contributed by atoms with E-state index in [1.807, 2.05) is 20.8 Å². The first-order valence-electron chi connectivity index (χ1n) is 5.47. The number of fused-ring (bicyclic) bond motifs is 1. The van der Waals surface area contributed by atoms with Gasteiger partial charge >= 0.3 is 0 Å². The third kappa shape index (κ3) is 1.24. The predicted octanol–water partition coefficient (Wildman–Crippen LogP) is 0.741. The van der Waals surface area contributed by atoms with E-state index in [1.165, 1.54) is 0 Å². The molecule has 1 N–H and O–H groups in total. The van der Waals surface area contributed by atoms with Crippen molar-refractivity contribution in [2.24, 2.45) is 5.92 Å². The van der Waals surface area contributed by atoms with Crippen molar-refractivity contribution in [1.82, 2.24) is 4.90 Å². The van der Waals surface area contributed by atoms with Crippen molar-refractivity contribution >= 4 is 5.91 Å². The molecule has 2 aliphatic rings. The van der Waals surface area contributed by atoms with Crippen molar-refractivity contribution in [2.75, 3.05) is 6.61 Å². The molecule has 2 saturated heterocycles. The molecule has 2 rings (SSSR count). The van der Waals surface area contributed by atoms with E-state index in [2.05, 4.69) is 0 Å². The van der Waals surface area contributed by atoms with Crippen LogP contribution in [-0.2, 0) is 9.53 Å². The molecule has 2 heterocycles. The average molecular weight is 213 g/mol. The summed E-state index contributed by atoms with van der Waals surface area (Å²) in [4.78, 5) is 13.7. The average Bonchev–Trinajstić information content (AvgIpc) is 1.98. The molecule has 3 unspecified atom stereocenters. The Morgan fingerprint density at radius 3 is 2.67 bits per heavy atom. The third-order valence-electron chi connectivity index (χ3n) is 3.75. The Bertz CT molecular complexity index is 300. The van der Waals surface area contributed by atoms with Gasteiger partial charge < -0.3 is 14.7 Å². The maximum atomic E-state index is 11.9. The second kappa shape index (κ2) is 2.95. The quantitative estimate of drug-likeness (QED) is 0.654. The molecular formula is C11H19NO3. The molecule has 2 fully saturated rings. The number of ether oxygens (including phenoxy) is 1. The molecule has 15 heavy (non-hydrogen) atoms. The maximum absolute atomic E-state index is 11.9. The fraction of sp³-hybridized carbons (Fsp3) is 0.909. The lowest BCUT2D eigenvalue weighted by molar-refractivity contribution is -0.268. The topological polar surface area (TPSA) is 49.8 Å². The minimum Gasteiger partial charge on any atom is -0.392 e. The van der Waals surface area contributed by atoms with Crippen LogP contribution >= 0.6 is 0 Å². The van der Waals surface area contributed by atoms with Crippen LogP contribution < -0.4 is 0 Å². The number of rotatable bonds is 1. The third-order valence-corrected chi connectivity index (χ3v) is 3.75. The highest BCUT2D eigenvalue weighted by Crippen LogP contribution is 2.49. The highest BCUT2D eigenvalue weighted by molar-refractivity contribution is 5.89. The molecule has 4 heteroatoms. The second-order valence-corrected chi connectivity index (χ2v) is 5.29. The monoisotopic (exact) mass is 213 g/mol. The number of β-lactam (4-membered cyclic amide) rings is 1. The van der Waals surface area contributed by atoms with Gasteiger partial charge in [-0.15, -0.1) is 0 Å². The second-order valence-electron chi connectivity index (χ2n) is 5.29. The van der Waals surface area contributed by atoms with Gasteiger partial charge in [-0.3, -0.25) is 4.79 Å². The van der Waals surface area contributed by atoms with E-state index >= 15 is 0 Å². The summed E-state index contributed by atoms with van der Waals surface area (Å²) in [5.74, 6) is -0.252. The van der Waals surface area contributed by atoms with Crippen LogP contribution in [0.2, 0.25) is 0 Å². The summed E-state index contributed by atoms with van der Waals surface area (Å²) in [7, 11) is 0. The van der Waals surface area contributed by atoms with Gasteiger partial charge in [0.2, 0.25) is 5.91 Å². The normalized spacial score (nSPS) is 40.7. The Morgan fingerprint density at radius 1 is 1.53 bits per heavy atom. The van der Waals surface area contributed by atoms with Crippen LogP contribution in [0.1, 0.15) is 34.1 Å². The number of aliphatic hydroxyl groups excluding tert-OH is 1. The molecule has 3 atom stereocenters. The molecule has 0 aliphatic carbocycles. The minimum absolute atomic E-state index is 0.0113. The van der Waals surface area contributed by atoms with Crippen molar-refractivity contribution in [1.29, 1.82) is 0 Å². The first kappa shape index (κ1) is 10.9. The zero-order valence-electron chi connectivity index (χ0n) is 9.78. The van der Waals surface area contributed by atoms with Crippen LogP contribution in [0.5, 0.6) is 0 Å². The smallest absolute Gasteiger partial charge is 0.233 e. The number of hydrogen-bond acceptors (Lipinski definition) is 3. The van der Waals surface area contributed by atoms with E-state index in [4.69, 9.17) is 4.74 Å². The van der Waals surface area contributed by atoms with Crippen LogP contribution in [0.15, 0.2) is 0 Å². The van der Waals surface area contributed by atoms with E-state index in [1.54, 1.807) is 11.8 Å². The maximum Gasteiger partial charge on any atom is 0.233 e. The molecule has 0 saturated carbocycles. The van der Waals surface area contributed by atoms with Crippen LogP contribution in [0.25, 0.3) is 0 Å². The van der Waals surface area contributed by atoms with Crippen LogP contribution in [0.4, 0.5) is 0 Å². The molecule has 0 aromatic carbocycles. The molecule has 0 spiro atoms. The Morgan fingerprint density at radius 2 is 2.13 bits per heavy atom. The fourth-order valence-electron chi connectivity index (χ4n) is 3.18. The predicted molar refractivity (Wildman–Crippen MR) is 55.1 cm³/mol. The van der Waals surface area contributed by atoms with Gasteiger partial charge in [-0.1, -0.05) is 0 Å². The van der Waals surface area contributed by atoms with Gasteiger partial charge in [0.05, 0.1) is 24.2 Å². The van der Waals surface area contributed by atoms with Crippen molar-refractivity contribution in [3.05, 3.63) is 0 Å². The first-order valence-corrected chi connectivity index (χ1v) is 5.47. The van der Waals surface area contributed by atoms with Gasteiger partial charge in [-0.25, -0.2) is 0 Å². The zero-order valence-corrected chi connectivity index (χ0v) is 9.78. The number of hydrogen-bond donors (Lipinski definition) is 1. The Labute approximate surface area is 90.2 Å². The number of amides is 1. The molecule has 1 amide bonds. The number of aliphatic hydroxyl groups is 1. The minimum atomic E-state index is -0.576. The van der Waals surface area contributed by atoms with Crippen molar-refractivity contribution in [2.45, 2.75) is 51.5 Å². The van der Waals surface area contributed by atoms with Crippen LogP contribution in [0, 0.1) is 5.92 Å². The zero-order chi connectivity index (χ0) is 11.4. The number of nitrogens with zero attached hydrogens (tertiary/aromatic N) is 1.